The second-order valence-corrected chi connectivity index (χ2v) is 5.28. The minimum absolute atomic E-state index is 0.196. The predicted molar refractivity (Wildman–Crippen MR) is 49.1 cm³/mol. The minimum atomic E-state index is -4.01. The average molecular weight is 223 g/mol. The van der Waals surface area contributed by atoms with Crippen molar-refractivity contribution < 1.29 is 24.3 Å². The molecule has 0 radical (unpaired) electrons. The van der Waals surface area contributed by atoms with Crippen LogP contribution in [0.3, 0.4) is 0 Å². The third kappa shape index (κ3) is 3.75. The Kier molecular flexibility index (Phi) is 3.66. The summed E-state index contributed by atoms with van der Waals surface area (Å²) in [6.45, 7) is 0.502. The van der Waals surface area contributed by atoms with Crippen LogP contribution in [0.1, 0.15) is 12.8 Å². The Bertz CT molecular complexity index is 263. The van der Waals surface area contributed by atoms with E-state index < -0.39 is 19.6 Å². The molecule has 14 heavy (non-hydrogen) atoms. The third-order valence-electron chi connectivity index (χ3n) is 2.31. The number of carbonyl (C=O) groups is 1. The number of hydrogen-bond acceptors (Lipinski definition) is 3. The molecule has 4 N–H and O–H groups in total. The Labute approximate surface area is 81.5 Å². The van der Waals surface area contributed by atoms with Crippen LogP contribution in [-0.4, -0.2) is 39.6 Å². The standard InChI is InChI=1S/C7H14NO5P/c9-7(10)6-3-5(1-2-8-6)4-14(11,12)13/h5-6,8H,1-4H2,(H,9,10)(H2,11,12,13)/t5-,6-/m1/s1. The van der Waals surface area contributed by atoms with Crippen molar-refractivity contribution in [1.29, 1.82) is 0 Å². The van der Waals surface area contributed by atoms with Crippen LogP contribution in [0.15, 0.2) is 0 Å². The van der Waals surface area contributed by atoms with E-state index in [0.29, 0.717) is 19.4 Å². The normalized spacial score (nSPS) is 28.7. The molecule has 0 aromatic carbocycles. The molecule has 0 saturated carbocycles. The second-order valence-electron chi connectivity index (χ2n) is 3.58. The van der Waals surface area contributed by atoms with Crippen molar-refractivity contribution in [2.24, 2.45) is 5.92 Å². The maximum Gasteiger partial charge on any atom is 0.325 e. The molecular formula is C7H14NO5P. The highest BCUT2D eigenvalue weighted by atomic mass is 31.2. The smallest absolute Gasteiger partial charge is 0.325 e. The summed E-state index contributed by atoms with van der Waals surface area (Å²) >= 11 is 0. The van der Waals surface area contributed by atoms with Crippen molar-refractivity contribution in [3.63, 3.8) is 0 Å². The van der Waals surface area contributed by atoms with Gasteiger partial charge >= 0.3 is 13.6 Å². The zero-order valence-corrected chi connectivity index (χ0v) is 8.48. The summed E-state index contributed by atoms with van der Waals surface area (Å²) in [5.74, 6) is -1.15. The zero-order valence-electron chi connectivity index (χ0n) is 7.59. The number of piperidine rings is 1. The van der Waals surface area contributed by atoms with Crippen molar-refractivity contribution in [3.8, 4) is 0 Å². The molecule has 2 atom stereocenters. The summed E-state index contributed by atoms with van der Waals surface area (Å²) in [4.78, 5) is 28.1. The highest BCUT2D eigenvalue weighted by molar-refractivity contribution is 7.51. The molecule has 1 rings (SSSR count). The number of carboxylic acid groups (broad SMARTS) is 1. The molecule has 82 valence electrons. The van der Waals surface area contributed by atoms with Gasteiger partial charge < -0.3 is 20.2 Å². The van der Waals surface area contributed by atoms with Gasteiger partial charge in [-0.3, -0.25) is 9.36 Å². The molecule has 0 aromatic rings. The lowest BCUT2D eigenvalue weighted by Gasteiger charge is -2.27. The largest absolute Gasteiger partial charge is 0.480 e. The fraction of sp³-hybridized carbons (Fsp3) is 0.857. The Balaban J connectivity index is 2.48. The first-order chi connectivity index (χ1) is 6.38. The van der Waals surface area contributed by atoms with Gasteiger partial charge in [-0.2, -0.15) is 0 Å². The van der Waals surface area contributed by atoms with Crippen molar-refractivity contribution >= 4 is 13.6 Å². The molecule has 1 fully saturated rings. The lowest BCUT2D eigenvalue weighted by atomic mass is 9.94. The Hall–Kier alpha value is -0.420. The van der Waals surface area contributed by atoms with Gasteiger partial charge in [0, 0.05) is 0 Å². The van der Waals surface area contributed by atoms with Gasteiger partial charge in [-0.25, -0.2) is 0 Å². The van der Waals surface area contributed by atoms with Crippen molar-refractivity contribution in [2.75, 3.05) is 12.7 Å². The van der Waals surface area contributed by atoms with Gasteiger partial charge in [0.05, 0.1) is 6.16 Å². The summed E-state index contributed by atoms with van der Waals surface area (Å²) < 4.78 is 10.7. The van der Waals surface area contributed by atoms with Crippen LogP contribution in [0.5, 0.6) is 0 Å². The second kappa shape index (κ2) is 4.40. The third-order valence-corrected chi connectivity index (χ3v) is 3.30. The lowest BCUT2D eigenvalue weighted by Crippen LogP contribution is -2.44. The zero-order chi connectivity index (χ0) is 10.8. The molecule has 1 heterocycles. The van der Waals surface area contributed by atoms with Crippen LogP contribution >= 0.6 is 7.60 Å². The van der Waals surface area contributed by atoms with Gasteiger partial charge in [0.15, 0.2) is 0 Å². The van der Waals surface area contributed by atoms with Crippen LogP contribution < -0.4 is 5.32 Å². The lowest BCUT2D eigenvalue weighted by molar-refractivity contribution is -0.140. The molecule has 1 aliphatic rings. The molecule has 1 saturated heterocycles. The van der Waals surface area contributed by atoms with Crippen molar-refractivity contribution in [3.05, 3.63) is 0 Å². The van der Waals surface area contributed by atoms with Crippen LogP contribution in [0.2, 0.25) is 0 Å². The molecule has 0 spiro atoms. The van der Waals surface area contributed by atoms with E-state index in [4.69, 9.17) is 14.9 Å². The van der Waals surface area contributed by atoms with Gasteiger partial charge in [-0.1, -0.05) is 0 Å². The van der Waals surface area contributed by atoms with Gasteiger partial charge in [-0.15, -0.1) is 0 Å². The first-order valence-electron chi connectivity index (χ1n) is 4.39. The molecule has 6 nitrogen and oxygen atoms in total. The number of aliphatic carboxylic acids is 1. The van der Waals surface area contributed by atoms with Gasteiger partial charge in [0.1, 0.15) is 6.04 Å². The van der Waals surface area contributed by atoms with E-state index in [2.05, 4.69) is 5.32 Å². The number of carboxylic acids is 1. The maximum atomic E-state index is 10.7. The summed E-state index contributed by atoms with van der Waals surface area (Å²) in [6.07, 6.45) is 0.702. The Morgan fingerprint density at radius 1 is 1.50 bits per heavy atom. The average Bonchev–Trinajstić information content (AvgIpc) is 2.01. The summed E-state index contributed by atoms with van der Waals surface area (Å²) in [7, 11) is -4.01. The topological polar surface area (TPSA) is 107 Å². The Morgan fingerprint density at radius 3 is 2.64 bits per heavy atom. The predicted octanol–water partition coefficient (Wildman–Crippen LogP) is -0.383. The van der Waals surface area contributed by atoms with Gasteiger partial charge in [0.2, 0.25) is 0 Å². The number of hydrogen-bond donors (Lipinski definition) is 4. The van der Waals surface area contributed by atoms with Crippen LogP contribution in [0.25, 0.3) is 0 Å². The van der Waals surface area contributed by atoms with Crippen molar-refractivity contribution in [2.45, 2.75) is 18.9 Å². The maximum absolute atomic E-state index is 10.7. The molecule has 0 unspecified atom stereocenters. The minimum Gasteiger partial charge on any atom is -0.480 e. The first kappa shape index (κ1) is 11.7. The molecule has 7 heteroatoms. The van der Waals surface area contributed by atoms with E-state index >= 15 is 0 Å². The summed E-state index contributed by atoms with van der Waals surface area (Å²) in [5, 5.41) is 11.5. The SMILES string of the molecule is O=C(O)[C@H]1C[C@H](CP(=O)(O)O)CCN1. The summed E-state index contributed by atoms with van der Waals surface area (Å²) in [6, 6.07) is -0.666. The van der Waals surface area contributed by atoms with E-state index in [-0.39, 0.29) is 12.1 Å². The number of rotatable bonds is 3. The highest BCUT2D eigenvalue weighted by Crippen LogP contribution is 2.39. The monoisotopic (exact) mass is 223 g/mol. The summed E-state index contributed by atoms with van der Waals surface area (Å²) in [5.41, 5.74) is 0. The molecule has 1 aliphatic heterocycles. The van der Waals surface area contributed by atoms with Crippen LogP contribution in [-0.2, 0) is 9.36 Å². The van der Waals surface area contributed by atoms with E-state index in [1.54, 1.807) is 0 Å². The van der Waals surface area contributed by atoms with E-state index in [1.807, 2.05) is 0 Å². The molecule has 0 bridgehead atoms. The fourth-order valence-electron chi connectivity index (χ4n) is 1.69. The van der Waals surface area contributed by atoms with E-state index in [1.165, 1.54) is 0 Å². The molecular weight excluding hydrogens is 209 g/mol. The van der Waals surface area contributed by atoms with Crippen molar-refractivity contribution in [1.82, 2.24) is 5.32 Å². The van der Waals surface area contributed by atoms with Gasteiger partial charge in [-0.05, 0) is 25.3 Å². The van der Waals surface area contributed by atoms with E-state index in [9.17, 15) is 9.36 Å². The fourth-order valence-corrected chi connectivity index (χ4v) is 2.69. The van der Waals surface area contributed by atoms with Gasteiger partial charge in [0.25, 0.3) is 0 Å². The molecule has 0 aliphatic carbocycles. The Morgan fingerprint density at radius 2 is 2.14 bits per heavy atom. The molecule has 0 amide bonds. The molecule has 0 aromatic heterocycles. The van der Waals surface area contributed by atoms with Crippen LogP contribution in [0.4, 0.5) is 0 Å². The van der Waals surface area contributed by atoms with E-state index in [0.717, 1.165) is 0 Å². The highest BCUT2D eigenvalue weighted by Gasteiger charge is 2.30. The first-order valence-corrected chi connectivity index (χ1v) is 6.19. The number of nitrogens with one attached hydrogen (secondary N) is 1. The van der Waals surface area contributed by atoms with Crippen LogP contribution in [0, 0.1) is 5.92 Å². The quantitative estimate of drug-likeness (QED) is 0.486.